The number of aromatic nitrogens is 1. The van der Waals surface area contributed by atoms with E-state index in [4.69, 9.17) is 4.42 Å². The second kappa shape index (κ2) is 5.60. The van der Waals surface area contributed by atoms with Crippen LogP contribution in [-0.2, 0) is 0 Å². The highest BCUT2D eigenvalue weighted by molar-refractivity contribution is 9.10. The zero-order valence-corrected chi connectivity index (χ0v) is 12.6. The van der Waals surface area contributed by atoms with Crippen molar-refractivity contribution in [2.75, 3.05) is 5.32 Å². The van der Waals surface area contributed by atoms with Gasteiger partial charge in [0.1, 0.15) is 4.88 Å². The standard InChI is InChI=1S/C14H9BrN2O2S/c15-11-5-6-20-13(11)14(18)17-10-3-1-9(2-4-10)12-7-16-8-19-12/h1-8H,(H,17,18). The molecule has 0 saturated carbocycles. The summed E-state index contributed by atoms with van der Waals surface area (Å²) in [5.74, 6) is 0.572. The molecular formula is C14H9BrN2O2S. The first-order valence-electron chi connectivity index (χ1n) is 5.77. The minimum Gasteiger partial charge on any atom is -0.444 e. The lowest BCUT2D eigenvalue weighted by Crippen LogP contribution is -2.10. The molecule has 2 heterocycles. The molecule has 20 heavy (non-hydrogen) atoms. The second-order valence-electron chi connectivity index (χ2n) is 3.99. The van der Waals surface area contributed by atoms with Gasteiger partial charge in [0.2, 0.25) is 0 Å². The number of nitrogens with one attached hydrogen (secondary N) is 1. The largest absolute Gasteiger partial charge is 0.444 e. The molecule has 6 heteroatoms. The van der Waals surface area contributed by atoms with E-state index in [0.29, 0.717) is 10.6 Å². The van der Waals surface area contributed by atoms with Crippen LogP contribution in [0.5, 0.6) is 0 Å². The molecule has 0 unspecified atom stereocenters. The summed E-state index contributed by atoms with van der Waals surface area (Å²) in [7, 11) is 0. The second-order valence-corrected chi connectivity index (χ2v) is 5.77. The maximum absolute atomic E-state index is 12.1. The van der Waals surface area contributed by atoms with Gasteiger partial charge in [0.15, 0.2) is 12.2 Å². The van der Waals surface area contributed by atoms with Crippen molar-refractivity contribution in [3.8, 4) is 11.3 Å². The van der Waals surface area contributed by atoms with E-state index < -0.39 is 0 Å². The van der Waals surface area contributed by atoms with Gasteiger partial charge in [-0.25, -0.2) is 4.98 Å². The Morgan fingerprint density at radius 2 is 2.05 bits per heavy atom. The van der Waals surface area contributed by atoms with Crippen molar-refractivity contribution >= 4 is 38.9 Å². The van der Waals surface area contributed by atoms with Crippen LogP contribution in [0.25, 0.3) is 11.3 Å². The lowest BCUT2D eigenvalue weighted by Gasteiger charge is -2.04. The molecule has 3 aromatic rings. The van der Waals surface area contributed by atoms with E-state index in [9.17, 15) is 4.79 Å². The third-order valence-corrected chi connectivity index (χ3v) is 4.52. The predicted molar refractivity (Wildman–Crippen MR) is 81.9 cm³/mol. The normalized spacial score (nSPS) is 10.4. The molecule has 0 bridgehead atoms. The van der Waals surface area contributed by atoms with Gasteiger partial charge in [0, 0.05) is 15.7 Å². The van der Waals surface area contributed by atoms with Crippen molar-refractivity contribution in [3.63, 3.8) is 0 Å². The van der Waals surface area contributed by atoms with Crippen LogP contribution >= 0.6 is 27.3 Å². The number of hydrogen-bond donors (Lipinski definition) is 1. The minimum absolute atomic E-state index is 0.126. The maximum atomic E-state index is 12.1. The number of benzene rings is 1. The van der Waals surface area contributed by atoms with Crippen LogP contribution in [0.2, 0.25) is 0 Å². The number of anilines is 1. The molecule has 0 radical (unpaired) electrons. The van der Waals surface area contributed by atoms with E-state index in [-0.39, 0.29) is 5.91 Å². The molecule has 0 spiro atoms. The van der Waals surface area contributed by atoms with Crippen molar-refractivity contribution in [2.45, 2.75) is 0 Å². The summed E-state index contributed by atoms with van der Waals surface area (Å²) in [5.41, 5.74) is 1.65. The monoisotopic (exact) mass is 348 g/mol. The Morgan fingerprint density at radius 1 is 1.25 bits per heavy atom. The quantitative estimate of drug-likeness (QED) is 0.762. The number of rotatable bonds is 3. The fourth-order valence-corrected chi connectivity index (χ4v) is 3.17. The summed E-state index contributed by atoms with van der Waals surface area (Å²) in [5, 5.41) is 4.72. The number of hydrogen-bond acceptors (Lipinski definition) is 4. The van der Waals surface area contributed by atoms with E-state index in [1.165, 1.54) is 17.7 Å². The molecule has 0 aliphatic heterocycles. The maximum Gasteiger partial charge on any atom is 0.266 e. The van der Waals surface area contributed by atoms with E-state index in [2.05, 4.69) is 26.2 Å². The topological polar surface area (TPSA) is 55.1 Å². The number of carbonyl (C=O) groups excluding carboxylic acids is 1. The van der Waals surface area contributed by atoms with Crippen molar-refractivity contribution in [1.29, 1.82) is 0 Å². The molecule has 0 fully saturated rings. The SMILES string of the molecule is O=C(Nc1ccc(-c2cnco2)cc1)c1sccc1Br. The molecular weight excluding hydrogens is 340 g/mol. The highest BCUT2D eigenvalue weighted by Gasteiger charge is 2.11. The zero-order valence-electron chi connectivity index (χ0n) is 10.2. The Hall–Kier alpha value is -1.92. The molecule has 2 aromatic heterocycles. The number of amides is 1. The Labute approximate surface area is 127 Å². The van der Waals surface area contributed by atoms with Gasteiger partial charge in [0.05, 0.1) is 6.20 Å². The summed E-state index contributed by atoms with van der Waals surface area (Å²) in [4.78, 5) is 16.6. The lowest BCUT2D eigenvalue weighted by atomic mass is 10.1. The highest BCUT2D eigenvalue weighted by Crippen LogP contribution is 2.25. The Morgan fingerprint density at radius 3 is 2.65 bits per heavy atom. The summed E-state index contributed by atoms with van der Waals surface area (Å²) in [6, 6.07) is 9.26. The first kappa shape index (κ1) is 13.1. The van der Waals surface area contributed by atoms with Crippen LogP contribution in [-0.4, -0.2) is 10.9 Å². The predicted octanol–water partition coefficient (Wildman–Crippen LogP) is 4.42. The smallest absolute Gasteiger partial charge is 0.266 e. The fourth-order valence-electron chi connectivity index (χ4n) is 1.72. The molecule has 3 rings (SSSR count). The van der Waals surface area contributed by atoms with Crippen molar-refractivity contribution in [1.82, 2.24) is 4.98 Å². The van der Waals surface area contributed by atoms with Crippen LogP contribution in [0.15, 0.2) is 57.2 Å². The molecule has 1 amide bonds. The number of halogens is 1. The van der Waals surface area contributed by atoms with Crippen LogP contribution in [0.4, 0.5) is 5.69 Å². The Kier molecular flexibility index (Phi) is 3.66. The third-order valence-electron chi connectivity index (χ3n) is 2.68. The molecule has 4 nitrogen and oxygen atoms in total. The van der Waals surface area contributed by atoms with Gasteiger partial charge < -0.3 is 9.73 Å². The van der Waals surface area contributed by atoms with Crippen molar-refractivity contribution in [3.05, 3.63) is 57.7 Å². The summed E-state index contributed by atoms with van der Waals surface area (Å²) < 4.78 is 6.02. The first-order chi connectivity index (χ1) is 9.74. The van der Waals surface area contributed by atoms with Gasteiger partial charge in [0.25, 0.3) is 5.91 Å². The Balaban J connectivity index is 1.76. The van der Waals surface area contributed by atoms with Crippen molar-refractivity contribution < 1.29 is 9.21 Å². The van der Waals surface area contributed by atoms with E-state index >= 15 is 0 Å². The molecule has 0 atom stereocenters. The van der Waals surface area contributed by atoms with E-state index in [1.807, 2.05) is 35.7 Å². The lowest BCUT2D eigenvalue weighted by molar-refractivity contribution is 0.103. The van der Waals surface area contributed by atoms with Crippen molar-refractivity contribution in [2.24, 2.45) is 0 Å². The van der Waals surface area contributed by atoms with E-state index in [0.717, 1.165) is 15.7 Å². The van der Waals surface area contributed by atoms with Crippen LogP contribution in [0.1, 0.15) is 9.67 Å². The summed E-state index contributed by atoms with van der Waals surface area (Å²) >= 11 is 4.74. The van der Waals surface area contributed by atoms with Gasteiger partial charge in [-0.1, -0.05) is 0 Å². The minimum atomic E-state index is -0.126. The molecule has 0 saturated heterocycles. The summed E-state index contributed by atoms with van der Waals surface area (Å²) in [6.45, 7) is 0. The van der Waals surface area contributed by atoms with Gasteiger partial charge in [-0.05, 0) is 51.6 Å². The molecule has 0 aliphatic carbocycles. The molecule has 1 aromatic carbocycles. The average molecular weight is 349 g/mol. The highest BCUT2D eigenvalue weighted by atomic mass is 79.9. The number of nitrogens with zero attached hydrogens (tertiary/aromatic N) is 1. The van der Waals surface area contributed by atoms with Gasteiger partial charge in [-0.15, -0.1) is 11.3 Å². The number of carbonyl (C=O) groups is 1. The molecule has 0 aliphatic rings. The number of thiophene rings is 1. The number of oxazole rings is 1. The van der Waals surface area contributed by atoms with Crippen LogP contribution < -0.4 is 5.32 Å². The molecule has 1 N–H and O–H groups in total. The van der Waals surface area contributed by atoms with Crippen LogP contribution in [0, 0.1) is 0 Å². The van der Waals surface area contributed by atoms with Gasteiger partial charge in [-0.2, -0.15) is 0 Å². The molecule has 100 valence electrons. The van der Waals surface area contributed by atoms with Gasteiger partial charge >= 0.3 is 0 Å². The fraction of sp³-hybridized carbons (Fsp3) is 0. The third kappa shape index (κ3) is 2.66. The Bertz CT molecular complexity index is 720. The van der Waals surface area contributed by atoms with Crippen LogP contribution in [0.3, 0.4) is 0 Å². The van der Waals surface area contributed by atoms with E-state index in [1.54, 1.807) is 6.20 Å². The van der Waals surface area contributed by atoms with Gasteiger partial charge in [-0.3, -0.25) is 4.79 Å². The average Bonchev–Trinajstić information content (AvgIpc) is 3.10. The first-order valence-corrected chi connectivity index (χ1v) is 7.44. The summed E-state index contributed by atoms with van der Waals surface area (Å²) in [6.07, 6.45) is 3.04. The zero-order chi connectivity index (χ0) is 13.9.